The number of carbonyl (C=O) groups is 2. The van der Waals surface area contributed by atoms with Gasteiger partial charge in [0, 0.05) is 19.3 Å². The van der Waals surface area contributed by atoms with Crippen molar-refractivity contribution in [3.05, 3.63) is 12.2 Å². The van der Waals surface area contributed by atoms with E-state index in [1.165, 1.54) is 25.7 Å². The van der Waals surface area contributed by atoms with Gasteiger partial charge in [-0.3, -0.25) is 9.59 Å². The van der Waals surface area contributed by atoms with Gasteiger partial charge in [0.25, 0.3) is 0 Å². The first-order valence-electron chi connectivity index (χ1n) is 9.55. The number of hydrogen-bond donors (Lipinski definition) is 0. The summed E-state index contributed by atoms with van der Waals surface area (Å²) in [7, 11) is 0. The van der Waals surface area contributed by atoms with E-state index in [2.05, 4.69) is 19.9 Å². The zero-order valence-corrected chi connectivity index (χ0v) is 15.0. The number of carbonyl (C=O) groups excluding carboxylic acids is 2. The molecule has 0 heterocycles. The summed E-state index contributed by atoms with van der Waals surface area (Å²) >= 11 is 0. The average molecular weight is 322 g/mol. The Bertz CT molecular complexity index is 373. The minimum atomic E-state index is -0.115. The Kier molecular flexibility index (Phi) is 10.7. The van der Waals surface area contributed by atoms with Gasteiger partial charge in [-0.15, -0.1) is 0 Å². The number of unbranched alkanes of at least 4 members (excludes halogenated alkanes) is 5. The standard InChI is InChI=1S/C20H34O3/c1-3-5-7-9-11-20(22)23-19(10-8-6-4-2)15-13-17-12-14-18(21)16-17/h13,15,17,19H,3-12,14,16H2,1-2H3/t17?,19-/m1/s1. The molecule has 0 aliphatic heterocycles. The van der Waals surface area contributed by atoms with Gasteiger partial charge in [-0.05, 0) is 37.7 Å². The Morgan fingerprint density at radius 2 is 1.91 bits per heavy atom. The number of allylic oxidation sites excluding steroid dienone is 1. The fourth-order valence-electron chi connectivity index (χ4n) is 3.00. The predicted octanol–water partition coefficient (Wildman–Crippen LogP) is 5.37. The second-order valence-corrected chi connectivity index (χ2v) is 6.76. The lowest BCUT2D eigenvalue weighted by Gasteiger charge is -2.15. The lowest BCUT2D eigenvalue weighted by molar-refractivity contribution is -0.147. The quantitative estimate of drug-likeness (QED) is 0.275. The van der Waals surface area contributed by atoms with Crippen molar-refractivity contribution in [2.75, 3.05) is 0 Å². The lowest BCUT2D eigenvalue weighted by Crippen LogP contribution is -2.16. The van der Waals surface area contributed by atoms with Gasteiger partial charge in [0.15, 0.2) is 0 Å². The van der Waals surface area contributed by atoms with E-state index in [9.17, 15) is 9.59 Å². The van der Waals surface area contributed by atoms with E-state index in [0.29, 0.717) is 31.0 Å². The normalized spacial score (nSPS) is 19.4. The molecule has 3 heteroatoms. The van der Waals surface area contributed by atoms with E-state index >= 15 is 0 Å². The molecule has 1 aliphatic rings. The Morgan fingerprint density at radius 3 is 2.57 bits per heavy atom. The first kappa shape index (κ1) is 19.9. The number of ether oxygens (including phenoxy) is 1. The van der Waals surface area contributed by atoms with Gasteiger partial charge < -0.3 is 4.74 Å². The molecule has 0 amide bonds. The van der Waals surface area contributed by atoms with E-state index in [1.54, 1.807) is 0 Å². The third kappa shape index (κ3) is 9.58. The molecule has 1 rings (SSSR count). The van der Waals surface area contributed by atoms with E-state index in [1.807, 2.05) is 6.08 Å². The van der Waals surface area contributed by atoms with Crippen LogP contribution in [0.5, 0.6) is 0 Å². The SMILES string of the molecule is CCCCCCC(=O)O[C@@H](C=CC1CCC(=O)C1)CCCCC. The van der Waals surface area contributed by atoms with Crippen LogP contribution in [0.25, 0.3) is 0 Å². The minimum absolute atomic E-state index is 0.0743. The molecule has 0 radical (unpaired) electrons. The summed E-state index contributed by atoms with van der Waals surface area (Å²) in [6.07, 6.45) is 15.5. The molecule has 0 bridgehead atoms. The maximum Gasteiger partial charge on any atom is 0.306 e. The smallest absolute Gasteiger partial charge is 0.306 e. The molecule has 0 saturated heterocycles. The molecule has 2 atom stereocenters. The summed E-state index contributed by atoms with van der Waals surface area (Å²) in [6.45, 7) is 4.34. The van der Waals surface area contributed by atoms with Crippen molar-refractivity contribution in [1.29, 1.82) is 0 Å². The van der Waals surface area contributed by atoms with Crippen molar-refractivity contribution < 1.29 is 14.3 Å². The van der Waals surface area contributed by atoms with Crippen molar-refractivity contribution in [2.24, 2.45) is 5.92 Å². The molecular weight excluding hydrogens is 288 g/mol. The summed E-state index contributed by atoms with van der Waals surface area (Å²) in [5, 5.41) is 0. The maximum atomic E-state index is 12.0. The molecule has 0 aromatic heterocycles. The zero-order chi connectivity index (χ0) is 16.9. The second kappa shape index (κ2) is 12.3. The summed E-state index contributed by atoms with van der Waals surface area (Å²) < 4.78 is 5.65. The Morgan fingerprint density at radius 1 is 1.17 bits per heavy atom. The van der Waals surface area contributed by atoms with Crippen LogP contribution in [-0.2, 0) is 14.3 Å². The number of Topliss-reactive ketones (excluding diaryl/α,β-unsaturated/α-hetero) is 1. The van der Waals surface area contributed by atoms with Gasteiger partial charge in [-0.2, -0.15) is 0 Å². The molecule has 1 saturated carbocycles. The van der Waals surface area contributed by atoms with E-state index < -0.39 is 0 Å². The summed E-state index contributed by atoms with van der Waals surface area (Å²) in [5.74, 6) is 0.629. The van der Waals surface area contributed by atoms with Crippen LogP contribution in [0.2, 0.25) is 0 Å². The van der Waals surface area contributed by atoms with Crippen molar-refractivity contribution in [1.82, 2.24) is 0 Å². The van der Waals surface area contributed by atoms with Crippen molar-refractivity contribution in [3.63, 3.8) is 0 Å². The largest absolute Gasteiger partial charge is 0.458 e. The van der Waals surface area contributed by atoms with Gasteiger partial charge in [0.1, 0.15) is 11.9 Å². The Labute approximate surface area is 141 Å². The highest BCUT2D eigenvalue weighted by Gasteiger charge is 2.20. The monoisotopic (exact) mass is 322 g/mol. The lowest BCUT2D eigenvalue weighted by atomic mass is 10.0. The Balaban J connectivity index is 2.39. The van der Waals surface area contributed by atoms with Crippen LogP contribution < -0.4 is 0 Å². The molecule has 3 nitrogen and oxygen atoms in total. The van der Waals surface area contributed by atoms with Crippen LogP contribution in [-0.4, -0.2) is 17.9 Å². The minimum Gasteiger partial charge on any atom is -0.458 e. The molecule has 0 N–H and O–H groups in total. The van der Waals surface area contributed by atoms with Crippen molar-refractivity contribution in [3.8, 4) is 0 Å². The first-order chi connectivity index (χ1) is 11.2. The van der Waals surface area contributed by atoms with Gasteiger partial charge >= 0.3 is 5.97 Å². The third-order valence-electron chi connectivity index (χ3n) is 4.49. The van der Waals surface area contributed by atoms with E-state index in [-0.39, 0.29) is 12.1 Å². The predicted molar refractivity (Wildman–Crippen MR) is 94.3 cm³/mol. The van der Waals surface area contributed by atoms with Gasteiger partial charge in [-0.25, -0.2) is 0 Å². The third-order valence-corrected chi connectivity index (χ3v) is 4.49. The Hall–Kier alpha value is -1.12. The van der Waals surface area contributed by atoms with Crippen molar-refractivity contribution >= 4 is 11.8 Å². The van der Waals surface area contributed by atoms with E-state index in [0.717, 1.165) is 32.1 Å². The summed E-state index contributed by atoms with van der Waals surface area (Å²) in [4.78, 5) is 23.3. The number of ketones is 1. The fraction of sp³-hybridized carbons (Fsp3) is 0.800. The molecule has 1 unspecified atom stereocenters. The van der Waals surface area contributed by atoms with Gasteiger partial charge in [0.05, 0.1) is 0 Å². The molecule has 23 heavy (non-hydrogen) atoms. The van der Waals surface area contributed by atoms with Crippen LogP contribution in [0, 0.1) is 5.92 Å². The number of esters is 1. The van der Waals surface area contributed by atoms with Gasteiger partial charge in [-0.1, -0.05) is 52.0 Å². The van der Waals surface area contributed by atoms with Crippen LogP contribution in [0.1, 0.15) is 90.9 Å². The van der Waals surface area contributed by atoms with Crippen LogP contribution in [0.3, 0.4) is 0 Å². The maximum absolute atomic E-state index is 12.0. The van der Waals surface area contributed by atoms with E-state index in [4.69, 9.17) is 4.74 Å². The molecular formula is C20H34O3. The average Bonchev–Trinajstić information content (AvgIpc) is 2.95. The molecule has 1 fully saturated rings. The summed E-state index contributed by atoms with van der Waals surface area (Å²) in [5.41, 5.74) is 0. The highest BCUT2D eigenvalue weighted by Crippen LogP contribution is 2.24. The molecule has 132 valence electrons. The molecule has 1 aliphatic carbocycles. The van der Waals surface area contributed by atoms with Crippen molar-refractivity contribution in [2.45, 2.75) is 97.0 Å². The number of hydrogen-bond acceptors (Lipinski definition) is 3. The van der Waals surface area contributed by atoms with Crippen LogP contribution in [0.15, 0.2) is 12.2 Å². The topological polar surface area (TPSA) is 43.4 Å². The van der Waals surface area contributed by atoms with Gasteiger partial charge in [0.2, 0.25) is 0 Å². The van der Waals surface area contributed by atoms with Crippen LogP contribution in [0.4, 0.5) is 0 Å². The number of rotatable bonds is 12. The first-order valence-corrected chi connectivity index (χ1v) is 9.55. The molecule has 0 spiro atoms. The van der Waals surface area contributed by atoms with Crippen LogP contribution >= 0.6 is 0 Å². The highest BCUT2D eigenvalue weighted by molar-refractivity contribution is 5.80. The highest BCUT2D eigenvalue weighted by atomic mass is 16.5. The second-order valence-electron chi connectivity index (χ2n) is 6.76. The summed E-state index contributed by atoms with van der Waals surface area (Å²) in [6, 6.07) is 0. The molecule has 0 aromatic rings. The molecule has 0 aromatic carbocycles. The fourth-order valence-corrected chi connectivity index (χ4v) is 3.00. The zero-order valence-electron chi connectivity index (χ0n) is 15.0.